The predicted octanol–water partition coefficient (Wildman–Crippen LogP) is 5.08. The van der Waals surface area contributed by atoms with E-state index in [0.29, 0.717) is 27.7 Å². The van der Waals surface area contributed by atoms with Crippen LogP contribution in [0, 0.1) is 5.82 Å². The quantitative estimate of drug-likeness (QED) is 0.395. The molecule has 198 valence electrons. The molecule has 0 radical (unpaired) electrons. The van der Waals surface area contributed by atoms with E-state index in [1.807, 2.05) is 13.8 Å². The van der Waals surface area contributed by atoms with Gasteiger partial charge in [0.15, 0.2) is 18.1 Å². The Bertz CT molecular complexity index is 1350. The van der Waals surface area contributed by atoms with E-state index in [4.69, 9.17) is 9.47 Å². The number of hydrazone groups is 1. The van der Waals surface area contributed by atoms with Gasteiger partial charge < -0.3 is 19.9 Å². The number of carbonyl (C=O) groups excluding carboxylic acids is 2. The maximum absolute atomic E-state index is 13.6. The van der Waals surface area contributed by atoms with Gasteiger partial charge in [0, 0.05) is 17.2 Å². The highest BCUT2D eigenvalue weighted by atomic mass is 32.2. The average molecular weight is 538 g/mol. The lowest BCUT2D eigenvalue weighted by Crippen LogP contribution is -2.35. The van der Waals surface area contributed by atoms with Crippen molar-refractivity contribution in [2.45, 2.75) is 31.7 Å². The van der Waals surface area contributed by atoms with Crippen LogP contribution in [0.15, 0.2) is 71.8 Å². The van der Waals surface area contributed by atoms with Crippen molar-refractivity contribution in [1.82, 2.24) is 10.3 Å². The van der Waals surface area contributed by atoms with E-state index >= 15 is 0 Å². The summed E-state index contributed by atoms with van der Waals surface area (Å²) in [6, 6.07) is 17.2. The first kappa shape index (κ1) is 27.0. The van der Waals surface area contributed by atoms with Crippen LogP contribution in [-0.2, 0) is 4.79 Å². The summed E-state index contributed by atoms with van der Waals surface area (Å²) in [5.41, 5.74) is 1.28. The lowest BCUT2D eigenvalue weighted by molar-refractivity contribution is -0.123. The summed E-state index contributed by atoms with van der Waals surface area (Å²) in [7, 11) is 1.47. The highest BCUT2D eigenvalue weighted by Gasteiger charge is 2.37. The molecule has 2 amide bonds. The summed E-state index contributed by atoms with van der Waals surface area (Å²) in [4.78, 5) is 25.9. The second-order valence-corrected chi connectivity index (χ2v) is 9.66. The molecular weight excluding hydrogens is 509 g/mol. The number of para-hydroxylation sites is 2. The van der Waals surface area contributed by atoms with Crippen molar-refractivity contribution in [3.63, 3.8) is 0 Å². The predicted molar refractivity (Wildman–Crippen MR) is 144 cm³/mol. The van der Waals surface area contributed by atoms with Crippen LogP contribution in [-0.4, -0.2) is 46.7 Å². The molecule has 1 aliphatic heterocycles. The van der Waals surface area contributed by atoms with Crippen LogP contribution in [0.25, 0.3) is 0 Å². The number of hydrogen-bond acceptors (Lipinski definition) is 7. The molecule has 0 saturated heterocycles. The molecule has 38 heavy (non-hydrogen) atoms. The van der Waals surface area contributed by atoms with Crippen LogP contribution in [0.3, 0.4) is 0 Å². The van der Waals surface area contributed by atoms with Crippen molar-refractivity contribution in [2.75, 3.05) is 13.7 Å². The number of methoxy groups -OCH3 is 1. The number of ether oxygens (including phenoxy) is 2. The number of carbonyl (C=O) groups is 2. The van der Waals surface area contributed by atoms with E-state index in [2.05, 4.69) is 10.4 Å². The summed E-state index contributed by atoms with van der Waals surface area (Å²) in [6.07, 6.45) is 0.792. The Hall–Kier alpha value is -4.05. The van der Waals surface area contributed by atoms with Crippen molar-refractivity contribution >= 4 is 28.6 Å². The molecule has 10 heteroatoms. The first-order chi connectivity index (χ1) is 18.3. The summed E-state index contributed by atoms with van der Waals surface area (Å²) in [5, 5.41) is 18.8. The number of benzene rings is 3. The fourth-order valence-corrected chi connectivity index (χ4v) is 4.97. The summed E-state index contributed by atoms with van der Waals surface area (Å²) in [6.45, 7) is 3.67. The molecule has 0 fully saturated rings. The largest absolute Gasteiger partial charge is 0.507 e. The highest BCUT2D eigenvalue weighted by Crippen LogP contribution is 2.47. The molecule has 1 heterocycles. The fourth-order valence-electron chi connectivity index (χ4n) is 3.79. The molecule has 3 aromatic carbocycles. The zero-order valence-electron chi connectivity index (χ0n) is 21.2. The van der Waals surface area contributed by atoms with Gasteiger partial charge in [-0.25, -0.2) is 9.40 Å². The first-order valence-electron chi connectivity index (χ1n) is 12.0. The number of rotatable bonds is 9. The average Bonchev–Trinajstić information content (AvgIpc) is 3.37. The van der Waals surface area contributed by atoms with Crippen LogP contribution >= 0.6 is 11.8 Å². The number of nitrogens with zero attached hydrogens (tertiary/aromatic N) is 2. The molecule has 2 atom stereocenters. The number of aromatic hydroxyl groups is 1. The molecule has 3 aromatic rings. The van der Waals surface area contributed by atoms with Crippen molar-refractivity contribution in [3.8, 4) is 17.2 Å². The Kier molecular flexibility index (Phi) is 8.52. The highest BCUT2D eigenvalue weighted by molar-refractivity contribution is 8.14. The van der Waals surface area contributed by atoms with Gasteiger partial charge in [-0.1, -0.05) is 43.0 Å². The molecule has 8 nitrogen and oxygen atoms in total. The number of phenols is 1. The Morgan fingerprint density at radius 3 is 2.55 bits per heavy atom. The Labute approximate surface area is 224 Å². The van der Waals surface area contributed by atoms with Gasteiger partial charge in [0.05, 0.1) is 12.7 Å². The van der Waals surface area contributed by atoms with Gasteiger partial charge in [-0.2, -0.15) is 5.10 Å². The van der Waals surface area contributed by atoms with Crippen molar-refractivity contribution in [2.24, 2.45) is 5.10 Å². The third-order valence-corrected chi connectivity index (χ3v) is 7.15. The molecular formula is C28H28FN3O5S. The Morgan fingerprint density at radius 2 is 1.87 bits per heavy atom. The first-order valence-corrected chi connectivity index (χ1v) is 12.9. The summed E-state index contributed by atoms with van der Waals surface area (Å²) in [5.74, 6) is -0.690. The molecule has 0 bridgehead atoms. The number of thioether (sulfide) groups is 1. The minimum Gasteiger partial charge on any atom is -0.507 e. The van der Waals surface area contributed by atoms with Gasteiger partial charge >= 0.3 is 0 Å². The third-order valence-electron chi connectivity index (χ3n) is 5.94. The maximum Gasteiger partial charge on any atom is 0.279 e. The van der Waals surface area contributed by atoms with Crippen LogP contribution in [0.2, 0.25) is 0 Å². The van der Waals surface area contributed by atoms with Gasteiger partial charge in [-0.3, -0.25) is 9.59 Å². The number of amides is 2. The molecule has 0 aromatic heterocycles. The molecule has 2 unspecified atom stereocenters. The van der Waals surface area contributed by atoms with Gasteiger partial charge in [-0.05, 0) is 55.8 Å². The zero-order valence-corrected chi connectivity index (χ0v) is 22.0. The summed E-state index contributed by atoms with van der Waals surface area (Å²) < 4.78 is 25.0. The minimum absolute atomic E-state index is 0.0187. The monoisotopic (exact) mass is 537 g/mol. The van der Waals surface area contributed by atoms with E-state index in [0.717, 1.165) is 6.42 Å². The van der Waals surface area contributed by atoms with E-state index in [1.54, 1.807) is 42.5 Å². The molecule has 4 rings (SSSR count). The van der Waals surface area contributed by atoms with Crippen LogP contribution in [0.5, 0.6) is 17.2 Å². The normalized spacial score (nSPS) is 15.5. The van der Waals surface area contributed by atoms with Gasteiger partial charge in [0.2, 0.25) is 0 Å². The Balaban J connectivity index is 1.69. The standard InChI is InChI=1S/C28H28FN3O5S/c1-4-17(2)30-24(34)16-37-23-11-7-9-21(25(23)36-3)28-32(27(35)20-8-5-6-10-22(20)33)31-26(38-28)18-12-14-19(29)15-13-18/h5-15,17,28,33H,4,16H2,1-3H3,(H,30,34). The number of nitrogens with one attached hydrogen (secondary N) is 1. The van der Waals surface area contributed by atoms with E-state index in [-0.39, 0.29) is 35.7 Å². The molecule has 0 spiro atoms. The topological polar surface area (TPSA) is 100 Å². The SMILES string of the molecule is CCC(C)NC(=O)COc1cccc(C2SC(c3ccc(F)cc3)=NN2C(=O)c2ccccc2O)c1OC. The smallest absolute Gasteiger partial charge is 0.279 e. The fraction of sp³-hybridized carbons (Fsp3) is 0.250. The van der Waals surface area contributed by atoms with E-state index in [1.165, 1.54) is 48.1 Å². The molecule has 1 aliphatic rings. The summed E-state index contributed by atoms with van der Waals surface area (Å²) >= 11 is 1.27. The van der Waals surface area contributed by atoms with Crippen molar-refractivity contribution in [1.29, 1.82) is 0 Å². The van der Waals surface area contributed by atoms with Crippen LogP contribution < -0.4 is 14.8 Å². The second kappa shape index (κ2) is 12.0. The lowest BCUT2D eigenvalue weighted by atomic mass is 10.1. The third kappa shape index (κ3) is 5.91. The van der Waals surface area contributed by atoms with Gasteiger partial charge in [0.1, 0.15) is 22.0 Å². The Morgan fingerprint density at radius 1 is 1.13 bits per heavy atom. The van der Waals surface area contributed by atoms with Crippen molar-refractivity contribution in [3.05, 3.63) is 89.2 Å². The number of hydrogen-bond donors (Lipinski definition) is 2. The van der Waals surface area contributed by atoms with Gasteiger partial charge in [-0.15, -0.1) is 0 Å². The maximum atomic E-state index is 13.6. The second-order valence-electron chi connectivity index (χ2n) is 8.59. The number of phenolic OH excluding ortho intramolecular Hbond substituents is 1. The molecule has 0 saturated carbocycles. The van der Waals surface area contributed by atoms with Crippen molar-refractivity contribution < 1.29 is 28.6 Å². The van der Waals surface area contributed by atoms with E-state index in [9.17, 15) is 19.1 Å². The zero-order chi connectivity index (χ0) is 27.2. The van der Waals surface area contributed by atoms with E-state index < -0.39 is 11.3 Å². The minimum atomic E-state index is -0.699. The van der Waals surface area contributed by atoms with Crippen LogP contribution in [0.4, 0.5) is 4.39 Å². The molecule has 2 N–H and O–H groups in total. The number of halogens is 1. The van der Waals surface area contributed by atoms with Gasteiger partial charge in [0.25, 0.3) is 11.8 Å². The molecule has 0 aliphatic carbocycles. The van der Waals surface area contributed by atoms with Crippen LogP contribution in [0.1, 0.15) is 47.1 Å². The lowest BCUT2D eigenvalue weighted by Gasteiger charge is -2.24.